The molecular formula is C23H24N4O3S. The van der Waals surface area contributed by atoms with Crippen LogP contribution < -0.4 is 0 Å². The van der Waals surface area contributed by atoms with Crippen LogP contribution in [0.1, 0.15) is 34.7 Å². The molecular weight excluding hydrogens is 412 g/mol. The SMILES string of the molecule is Cc1nn(-c2ccccc2)c2c1C(C)N(CC1CN([S+](=O)([O-])c3ccccc3)C1)C2=O. The highest BCUT2D eigenvalue weighted by atomic mass is 32.3. The number of sulfonamides is 1. The highest BCUT2D eigenvalue weighted by Crippen LogP contribution is 2.38. The molecule has 0 radical (unpaired) electrons. The fourth-order valence-electron chi connectivity index (χ4n) is 4.56. The Labute approximate surface area is 182 Å². The third-order valence-corrected chi connectivity index (χ3v) is 8.06. The Morgan fingerprint density at radius 1 is 1.06 bits per heavy atom. The van der Waals surface area contributed by atoms with E-state index in [0.29, 0.717) is 30.2 Å². The van der Waals surface area contributed by atoms with Crippen LogP contribution in [0.5, 0.6) is 0 Å². The first-order valence-electron chi connectivity index (χ1n) is 10.4. The van der Waals surface area contributed by atoms with Crippen molar-refractivity contribution in [2.45, 2.75) is 24.8 Å². The van der Waals surface area contributed by atoms with Gasteiger partial charge >= 0.3 is 0 Å². The number of aromatic nitrogens is 2. The lowest BCUT2D eigenvalue weighted by molar-refractivity contribution is 0.0611. The number of carbonyl (C=O) groups excluding carboxylic acids is 1. The predicted octanol–water partition coefficient (Wildman–Crippen LogP) is 3.23. The number of aryl methyl sites for hydroxylation is 1. The van der Waals surface area contributed by atoms with Crippen LogP contribution >= 0.6 is 0 Å². The molecule has 2 unspecified atom stereocenters. The van der Waals surface area contributed by atoms with E-state index in [2.05, 4.69) is 5.10 Å². The number of hydrogen-bond donors (Lipinski definition) is 0. The molecule has 2 atom stereocenters. The maximum Gasteiger partial charge on any atom is 0.273 e. The minimum atomic E-state index is -3.47. The molecule has 2 aliphatic rings. The van der Waals surface area contributed by atoms with E-state index < -0.39 is 10.4 Å². The number of carbonyl (C=O) groups is 1. The van der Waals surface area contributed by atoms with Crippen LogP contribution in [0, 0.1) is 12.8 Å². The summed E-state index contributed by atoms with van der Waals surface area (Å²) in [5.41, 5.74) is 3.29. The smallest absolute Gasteiger partial charge is 0.273 e. The number of amides is 1. The average Bonchev–Trinajstić information content (AvgIpc) is 3.21. The van der Waals surface area contributed by atoms with E-state index in [9.17, 15) is 13.6 Å². The summed E-state index contributed by atoms with van der Waals surface area (Å²) in [4.78, 5) is 15.5. The molecule has 7 nitrogen and oxygen atoms in total. The van der Waals surface area contributed by atoms with E-state index in [4.69, 9.17) is 0 Å². The summed E-state index contributed by atoms with van der Waals surface area (Å²) < 4.78 is 28.7. The summed E-state index contributed by atoms with van der Waals surface area (Å²) in [7, 11) is -3.47. The van der Waals surface area contributed by atoms with Crippen molar-refractivity contribution in [3.63, 3.8) is 0 Å². The quantitative estimate of drug-likeness (QED) is 0.575. The molecule has 1 aromatic heterocycles. The van der Waals surface area contributed by atoms with Crippen molar-refractivity contribution in [1.29, 1.82) is 0 Å². The molecule has 1 amide bonds. The number of rotatable bonds is 5. The molecule has 1 fully saturated rings. The normalized spacial score (nSPS) is 21.1. The van der Waals surface area contributed by atoms with Gasteiger partial charge in [0, 0.05) is 18.0 Å². The second kappa shape index (κ2) is 7.40. The molecule has 1 saturated heterocycles. The zero-order chi connectivity index (χ0) is 21.8. The molecule has 31 heavy (non-hydrogen) atoms. The summed E-state index contributed by atoms with van der Waals surface area (Å²) in [6.45, 7) is 5.33. The fraction of sp³-hybridized carbons (Fsp3) is 0.304. The molecule has 0 spiro atoms. The zero-order valence-corrected chi connectivity index (χ0v) is 18.3. The van der Waals surface area contributed by atoms with Crippen molar-refractivity contribution in [3.05, 3.63) is 77.6 Å². The lowest BCUT2D eigenvalue weighted by atomic mass is 10.0. The molecule has 0 aliphatic carbocycles. The van der Waals surface area contributed by atoms with Crippen LogP contribution in [0.4, 0.5) is 0 Å². The Hall–Kier alpha value is -2.81. The van der Waals surface area contributed by atoms with Crippen LogP contribution in [0.25, 0.3) is 5.69 Å². The monoisotopic (exact) mass is 436 g/mol. The largest absolute Gasteiger partial charge is 0.593 e. The minimum absolute atomic E-state index is 0.0451. The average molecular weight is 437 g/mol. The second-order valence-corrected chi connectivity index (χ2v) is 10.2. The van der Waals surface area contributed by atoms with E-state index in [-0.39, 0.29) is 17.9 Å². The Balaban J connectivity index is 1.32. The van der Waals surface area contributed by atoms with Gasteiger partial charge in [0.1, 0.15) is 5.69 Å². The van der Waals surface area contributed by atoms with Gasteiger partial charge in [-0.05, 0) is 38.1 Å². The van der Waals surface area contributed by atoms with Gasteiger partial charge in [-0.1, -0.05) is 40.6 Å². The predicted molar refractivity (Wildman–Crippen MR) is 116 cm³/mol. The van der Waals surface area contributed by atoms with Gasteiger partial charge in [0.15, 0.2) is 15.3 Å². The van der Waals surface area contributed by atoms with Crippen molar-refractivity contribution >= 4 is 16.3 Å². The summed E-state index contributed by atoms with van der Waals surface area (Å²) >= 11 is 0. The molecule has 5 rings (SSSR count). The van der Waals surface area contributed by atoms with Gasteiger partial charge in [-0.25, -0.2) is 4.68 Å². The van der Waals surface area contributed by atoms with Crippen molar-refractivity contribution < 1.29 is 13.6 Å². The number of para-hydroxylation sites is 1. The molecule has 0 bridgehead atoms. The number of nitrogens with zero attached hydrogens (tertiary/aromatic N) is 4. The molecule has 3 heterocycles. The van der Waals surface area contributed by atoms with E-state index in [1.165, 1.54) is 4.31 Å². The van der Waals surface area contributed by atoms with Crippen LogP contribution in [0.15, 0.2) is 65.6 Å². The topological polar surface area (TPSA) is 81.5 Å². The summed E-state index contributed by atoms with van der Waals surface area (Å²) in [5.74, 6) is 0.0728. The van der Waals surface area contributed by atoms with Gasteiger partial charge in [0.2, 0.25) is 0 Å². The molecule has 2 aromatic carbocycles. The van der Waals surface area contributed by atoms with E-state index in [1.807, 2.05) is 49.1 Å². The lowest BCUT2D eigenvalue weighted by Gasteiger charge is -2.41. The fourth-order valence-corrected chi connectivity index (χ4v) is 6.18. The Bertz CT molecular complexity index is 1170. The van der Waals surface area contributed by atoms with Gasteiger partial charge < -0.3 is 9.45 Å². The third-order valence-electron chi connectivity index (χ3n) is 6.22. The van der Waals surface area contributed by atoms with Crippen LogP contribution in [0.2, 0.25) is 0 Å². The highest BCUT2D eigenvalue weighted by Gasteiger charge is 2.46. The van der Waals surface area contributed by atoms with Crippen LogP contribution in [-0.4, -0.2) is 49.1 Å². The zero-order valence-electron chi connectivity index (χ0n) is 17.5. The van der Waals surface area contributed by atoms with Crippen molar-refractivity contribution in [2.75, 3.05) is 19.6 Å². The lowest BCUT2D eigenvalue weighted by Crippen LogP contribution is -2.56. The van der Waals surface area contributed by atoms with Crippen molar-refractivity contribution in [3.8, 4) is 5.69 Å². The first kappa shape index (κ1) is 20.1. The van der Waals surface area contributed by atoms with Crippen LogP contribution in [-0.2, 0) is 14.6 Å². The maximum atomic E-state index is 13.3. The summed E-state index contributed by atoms with van der Waals surface area (Å²) in [5, 5.41) is 4.61. The van der Waals surface area contributed by atoms with Gasteiger partial charge in [0.25, 0.3) is 5.91 Å². The van der Waals surface area contributed by atoms with Crippen molar-refractivity contribution in [1.82, 2.24) is 19.0 Å². The number of hydrogen-bond acceptors (Lipinski definition) is 4. The third kappa shape index (κ3) is 3.22. The van der Waals surface area contributed by atoms with Crippen molar-refractivity contribution in [2.24, 2.45) is 5.92 Å². The maximum absolute atomic E-state index is 13.3. The standard InChI is InChI=1S/C23H24N4O3S/c1-16-21-17(2)26(23(28)22(21)27(24-16)19-9-5-3-6-10-19)15-18-13-25(14-18)31(29,30)20-11-7-4-8-12-20/h3-12,17-18H,13-15H2,1-2H3. The van der Waals surface area contributed by atoms with E-state index in [1.54, 1.807) is 35.0 Å². The molecule has 3 aromatic rings. The number of benzene rings is 2. The molecule has 0 N–H and O–H groups in total. The van der Waals surface area contributed by atoms with E-state index in [0.717, 1.165) is 16.9 Å². The first-order valence-corrected chi connectivity index (χ1v) is 11.8. The summed E-state index contributed by atoms with van der Waals surface area (Å²) in [6.07, 6.45) is 0. The van der Waals surface area contributed by atoms with Gasteiger partial charge in [0.05, 0.1) is 30.5 Å². The minimum Gasteiger partial charge on any atom is -0.593 e. The van der Waals surface area contributed by atoms with Gasteiger partial charge in [-0.2, -0.15) is 5.10 Å². The first-order chi connectivity index (χ1) is 14.9. The summed E-state index contributed by atoms with van der Waals surface area (Å²) in [6, 6.07) is 18.1. The molecule has 2 aliphatic heterocycles. The Morgan fingerprint density at radius 3 is 2.32 bits per heavy atom. The number of fused-ring (bicyclic) bond motifs is 1. The highest BCUT2D eigenvalue weighted by molar-refractivity contribution is 7.95. The molecule has 160 valence electrons. The van der Waals surface area contributed by atoms with Gasteiger partial charge in [-0.15, -0.1) is 4.31 Å². The van der Waals surface area contributed by atoms with Crippen LogP contribution in [0.3, 0.4) is 0 Å². The molecule has 0 saturated carbocycles. The van der Waals surface area contributed by atoms with Gasteiger partial charge in [-0.3, -0.25) is 4.79 Å². The Morgan fingerprint density at radius 2 is 1.68 bits per heavy atom. The van der Waals surface area contributed by atoms with E-state index >= 15 is 0 Å². The Kier molecular flexibility index (Phi) is 4.80. The molecule has 8 heteroatoms. The second-order valence-electron chi connectivity index (χ2n) is 8.23.